The van der Waals surface area contributed by atoms with Crippen molar-refractivity contribution in [2.75, 3.05) is 5.32 Å². The number of anilines is 2. The first kappa shape index (κ1) is 24.3. The smallest absolute Gasteiger partial charge is 0.277 e. The van der Waals surface area contributed by atoms with Gasteiger partial charge in [0.1, 0.15) is 11.6 Å². The van der Waals surface area contributed by atoms with Gasteiger partial charge in [-0.15, -0.1) is 0 Å². The maximum atomic E-state index is 15.2. The first-order chi connectivity index (χ1) is 17.8. The number of benzene rings is 4. The Labute approximate surface area is 209 Å². The van der Waals surface area contributed by atoms with E-state index in [2.05, 4.69) is 10.4 Å². The summed E-state index contributed by atoms with van der Waals surface area (Å²) in [5.74, 6) is -0.448. The molecule has 0 aliphatic rings. The van der Waals surface area contributed by atoms with Crippen molar-refractivity contribution < 1.29 is 27.4 Å². The molecule has 0 radical (unpaired) electrons. The number of ether oxygens (including phenoxy) is 1. The van der Waals surface area contributed by atoms with Crippen molar-refractivity contribution in [3.8, 4) is 11.4 Å². The summed E-state index contributed by atoms with van der Waals surface area (Å²) in [6.07, 6.45) is -4.88. The average molecular weight is 507 g/mol. The van der Waals surface area contributed by atoms with E-state index in [0.717, 1.165) is 5.69 Å². The molecule has 0 spiro atoms. The molecule has 2 N–H and O–H groups in total. The van der Waals surface area contributed by atoms with Crippen LogP contribution in [0.25, 0.3) is 16.6 Å². The molecule has 1 heterocycles. The van der Waals surface area contributed by atoms with Crippen LogP contribution in [0.2, 0.25) is 0 Å². The number of halogens is 4. The van der Waals surface area contributed by atoms with E-state index in [1.165, 1.54) is 65.5 Å². The van der Waals surface area contributed by atoms with Gasteiger partial charge >= 0.3 is 0 Å². The van der Waals surface area contributed by atoms with E-state index in [1.807, 2.05) is 30.3 Å². The number of para-hydroxylation sites is 1. The van der Waals surface area contributed by atoms with Crippen LogP contribution in [-0.2, 0) is 5.60 Å². The number of nitrogens with zero attached hydrogens (tertiary/aromatic N) is 2. The van der Waals surface area contributed by atoms with Crippen LogP contribution >= 0.6 is 0 Å². The molecule has 1 aromatic heterocycles. The largest absolute Gasteiger partial charge is 0.457 e. The van der Waals surface area contributed by atoms with Crippen molar-refractivity contribution in [2.24, 2.45) is 0 Å². The first-order valence-corrected chi connectivity index (χ1v) is 11.3. The highest BCUT2D eigenvalue weighted by Gasteiger charge is 2.50. The van der Waals surface area contributed by atoms with Crippen LogP contribution in [0.5, 0.6) is 5.75 Å². The minimum Gasteiger partial charge on any atom is -0.457 e. The van der Waals surface area contributed by atoms with Crippen LogP contribution in [0.15, 0.2) is 103 Å². The fraction of sp³-hybridized carbons (Fsp3) is 0.107. The average Bonchev–Trinajstić information content (AvgIpc) is 3.33. The van der Waals surface area contributed by atoms with Crippen LogP contribution in [0.3, 0.4) is 0 Å². The standard InChI is InChI=1S/C28H21F4N3O2/c29-20-7-11-23(12-8-20)35-25-15-6-19(16-18(25)17-33-35)28(36,26(30)31)27(32)37-24-13-9-22(10-14-24)34-21-4-2-1-3-5-21/h1-17,26-27,34,36H. The monoisotopic (exact) mass is 507 g/mol. The molecule has 2 unspecified atom stereocenters. The van der Waals surface area contributed by atoms with E-state index in [1.54, 1.807) is 12.1 Å². The molecule has 2 atom stereocenters. The molecule has 9 heteroatoms. The summed E-state index contributed by atoms with van der Waals surface area (Å²) in [6, 6.07) is 24.8. The zero-order chi connectivity index (χ0) is 26.0. The second-order valence-corrected chi connectivity index (χ2v) is 8.38. The topological polar surface area (TPSA) is 59.3 Å². The lowest BCUT2D eigenvalue weighted by molar-refractivity contribution is -0.200. The highest BCUT2D eigenvalue weighted by Crippen LogP contribution is 2.37. The highest BCUT2D eigenvalue weighted by molar-refractivity contribution is 5.81. The predicted molar refractivity (Wildman–Crippen MR) is 133 cm³/mol. The number of aliphatic hydroxyl groups is 1. The van der Waals surface area contributed by atoms with E-state index in [9.17, 15) is 18.3 Å². The Balaban J connectivity index is 1.38. The fourth-order valence-electron chi connectivity index (χ4n) is 3.94. The van der Waals surface area contributed by atoms with Crippen LogP contribution in [0.1, 0.15) is 5.56 Å². The molecule has 188 valence electrons. The predicted octanol–water partition coefficient (Wildman–Crippen LogP) is 6.74. The van der Waals surface area contributed by atoms with Crippen LogP contribution < -0.4 is 10.1 Å². The van der Waals surface area contributed by atoms with E-state index in [-0.39, 0.29) is 11.3 Å². The molecule has 37 heavy (non-hydrogen) atoms. The molecule has 5 rings (SSSR count). The summed E-state index contributed by atoms with van der Waals surface area (Å²) in [6.45, 7) is 0. The molecular formula is C28H21F4N3O2. The Hall–Kier alpha value is -4.37. The lowest BCUT2D eigenvalue weighted by atomic mass is 9.93. The third-order valence-electron chi connectivity index (χ3n) is 5.94. The number of rotatable bonds is 8. The Morgan fingerprint density at radius 2 is 1.51 bits per heavy atom. The molecule has 5 aromatic rings. The van der Waals surface area contributed by atoms with Crippen molar-refractivity contribution in [3.63, 3.8) is 0 Å². The zero-order valence-electron chi connectivity index (χ0n) is 19.2. The van der Waals surface area contributed by atoms with Gasteiger partial charge in [0.15, 0.2) is 0 Å². The summed E-state index contributed by atoms with van der Waals surface area (Å²) in [4.78, 5) is 0. The normalized spacial score (nSPS) is 13.9. The van der Waals surface area contributed by atoms with Gasteiger partial charge in [-0.25, -0.2) is 17.9 Å². The Bertz CT molecular complexity index is 1490. The van der Waals surface area contributed by atoms with Crippen molar-refractivity contribution in [2.45, 2.75) is 18.4 Å². The number of hydrogen-bond acceptors (Lipinski definition) is 4. The van der Waals surface area contributed by atoms with Gasteiger partial charge < -0.3 is 15.2 Å². The van der Waals surface area contributed by atoms with Gasteiger partial charge in [-0.05, 0) is 78.4 Å². The molecule has 5 nitrogen and oxygen atoms in total. The number of fused-ring (bicyclic) bond motifs is 1. The number of aromatic nitrogens is 2. The van der Waals surface area contributed by atoms with E-state index >= 15 is 4.39 Å². The van der Waals surface area contributed by atoms with Crippen LogP contribution in [0, 0.1) is 5.82 Å². The fourth-order valence-corrected chi connectivity index (χ4v) is 3.94. The maximum Gasteiger partial charge on any atom is 0.277 e. The van der Waals surface area contributed by atoms with Crippen LogP contribution in [-0.4, -0.2) is 27.7 Å². The number of nitrogens with one attached hydrogen (secondary N) is 1. The molecule has 0 aliphatic heterocycles. The van der Waals surface area contributed by atoms with Crippen molar-refractivity contribution >= 4 is 22.3 Å². The summed E-state index contributed by atoms with van der Waals surface area (Å²) in [5, 5.41) is 18.6. The van der Waals surface area contributed by atoms with Gasteiger partial charge in [0.25, 0.3) is 12.8 Å². The van der Waals surface area contributed by atoms with Crippen molar-refractivity contribution in [1.29, 1.82) is 0 Å². The summed E-state index contributed by atoms with van der Waals surface area (Å²) in [7, 11) is 0. The minimum atomic E-state index is -3.49. The summed E-state index contributed by atoms with van der Waals surface area (Å²) >= 11 is 0. The SMILES string of the molecule is OC(c1ccc2c(cnn2-c2ccc(F)cc2)c1)(C(F)F)C(F)Oc1ccc(Nc2ccccc2)cc1. The van der Waals surface area contributed by atoms with Gasteiger partial charge in [0.2, 0.25) is 5.60 Å². The molecule has 0 bridgehead atoms. The summed E-state index contributed by atoms with van der Waals surface area (Å²) < 4.78 is 63.3. The zero-order valence-corrected chi connectivity index (χ0v) is 19.2. The van der Waals surface area contributed by atoms with Gasteiger partial charge in [-0.3, -0.25) is 0 Å². The van der Waals surface area contributed by atoms with Gasteiger partial charge in [0.05, 0.1) is 17.4 Å². The highest BCUT2D eigenvalue weighted by atomic mass is 19.3. The third-order valence-corrected chi connectivity index (χ3v) is 5.94. The Morgan fingerprint density at radius 1 is 0.838 bits per heavy atom. The lowest BCUT2D eigenvalue weighted by Crippen LogP contribution is -2.46. The molecule has 0 fully saturated rings. The van der Waals surface area contributed by atoms with E-state index in [4.69, 9.17) is 4.74 Å². The second-order valence-electron chi connectivity index (χ2n) is 8.38. The van der Waals surface area contributed by atoms with E-state index in [0.29, 0.717) is 22.3 Å². The quantitative estimate of drug-likeness (QED) is 0.229. The Kier molecular flexibility index (Phi) is 6.54. The van der Waals surface area contributed by atoms with E-state index < -0.39 is 24.2 Å². The lowest BCUT2D eigenvalue weighted by Gasteiger charge is -2.31. The van der Waals surface area contributed by atoms with Crippen molar-refractivity contribution in [1.82, 2.24) is 9.78 Å². The van der Waals surface area contributed by atoms with Gasteiger partial charge in [0, 0.05) is 16.8 Å². The van der Waals surface area contributed by atoms with Gasteiger partial charge in [-0.2, -0.15) is 9.49 Å². The van der Waals surface area contributed by atoms with Crippen molar-refractivity contribution in [3.05, 3.63) is 115 Å². The molecular weight excluding hydrogens is 486 g/mol. The Morgan fingerprint density at radius 3 is 2.19 bits per heavy atom. The molecule has 0 saturated heterocycles. The number of alkyl halides is 3. The minimum absolute atomic E-state index is 0.0320. The molecule has 0 aliphatic carbocycles. The van der Waals surface area contributed by atoms with Crippen LogP contribution in [0.4, 0.5) is 28.9 Å². The molecule has 4 aromatic carbocycles. The second kappa shape index (κ2) is 9.94. The third kappa shape index (κ3) is 4.85. The first-order valence-electron chi connectivity index (χ1n) is 11.3. The van der Waals surface area contributed by atoms with Gasteiger partial charge in [-0.1, -0.05) is 24.3 Å². The number of hydrogen-bond donors (Lipinski definition) is 2. The molecule has 0 amide bonds. The molecule has 0 saturated carbocycles. The summed E-state index contributed by atoms with van der Waals surface area (Å²) in [5.41, 5.74) is -1.04. The maximum absolute atomic E-state index is 15.2.